The van der Waals surface area contributed by atoms with Gasteiger partial charge in [0.1, 0.15) is 5.60 Å². The zero-order chi connectivity index (χ0) is 22.0. The third kappa shape index (κ3) is 5.54. The minimum absolute atomic E-state index is 0.145. The van der Waals surface area contributed by atoms with Gasteiger partial charge in [0.05, 0.1) is 10.6 Å². The van der Waals surface area contributed by atoms with Crippen LogP contribution in [0.25, 0.3) is 6.08 Å². The van der Waals surface area contributed by atoms with Gasteiger partial charge >= 0.3 is 6.18 Å². The molecule has 0 aliphatic rings. The fourth-order valence-electron chi connectivity index (χ4n) is 3.48. The summed E-state index contributed by atoms with van der Waals surface area (Å²) < 4.78 is 40.2. The summed E-state index contributed by atoms with van der Waals surface area (Å²) in [5, 5.41) is 11.9. The van der Waals surface area contributed by atoms with Crippen LogP contribution >= 0.6 is 23.2 Å². The van der Waals surface area contributed by atoms with E-state index in [2.05, 4.69) is 0 Å². The first-order valence-corrected chi connectivity index (χ1v) is 9.80. The Kier molecular flexibility index (Phi) is 7.44. The van der Waals surface area contributed by atoms with Crippen LogP contribution < -0.4 is 0 Å². The molecule has 2 aromatic rings. The molecule has 0 radical (unpaired) electrons. The number of alkyl halides is 3. The Morgan fingerprint density at radius 1 is 1.10 bits per heavy atom. The van der Waals surface area contributed by atoms with Crippen LogP contribution in [0.2, 0.25) is 10.0 Å². The summed E-state index contributed by atoms with van der Waals surface area (Å²) in [5.74, 6) is -0.400. The first-order chi connectivity index (χ1) is 13.4. The van der Waals surface area contributed by atoms with Crippen molar-refractivity contribution in [2.24, 2.45) is 5.92 Å². The van der Waals surface area contributed by atoms with Crippen LogP contribution in [0.1, 0.15) is 30.5 Å². The highest BCUT2D eigenvalue weighted by atomic mass is 35.5. The summed E-state index contributed by atoms with van der Waals surface area (Å²) in [4.78, 5) is 1.88. The smallest absolute Gasteiger partial charge is 0.380 e. The minimum Gasteiger partial charge on any atom is -0.380 e. The second kappa shape index (κ2) is 9.09. The molecule has 0 spiro atoms. The third-order valence-corrected chi connectivity index (χ3v) is 5.50. The van der Waals surface area contributed by atoms with Gasteiger partial charge in [-0.15, -0.1) is 0 Å². The molecule has 0 fully saturated rings. The number of hydrogen-bond acceptors (Lipinski definition) is 2. The molecule has 1 N–H and O–H groups in total. The molecule has 0 bridgehead atoms. The van der Waals surface area contributed by atoms with Crippen LogP contribution in [0.5, 0.6) is 0 Å². The Hall–Kier alpha value is -1.53. The van der Waals surface area contributed by atoms with E-state index in [4.69, 9.17) is 23.2 Å². The molecule has 0 aliphatic heterocycles. The van der Waals surface area contributed by atoms with Gasteiger partial charge in [-0.3, -0.25) is 0 Å². The van der Waals surface area contributed by atoms with Crippen molar-refractivity contribution in [1.29, 1.82) is 0 Å². The van der Waals surface area contributed by atoms with Crippen LogP contribution in [-0.2, 0) is 11.8 Å². The monoisotopic (exact) mass is 445 g/mol. The first-order valence-electron chi connectivity index (χ1n) is 9.04. The second-order valence-electron chi connectivity index (χ2n) is 7.50. The molecular weight excluding hydrogens is 422 g/mol. The van der Waals surface area contributed by atoms with Gasteiger partial charge < -0.3 is 10.0 Å². The van der Waals surface area contributed by atoms with E-state index >= 15 is 0 Å². The molecule has 29 heavy (non-hydrogen) atoms. The predicted octanol–water partition coefficient (Wildman–Crippen LogP) is 6.50. The topological polar surface area (TPSA) is 23.5 Å². The Morgan fingerprint density at radius 3 is 2.21 bits per heavy atom. The average molecular weight is 446 g/mol. The lowest BCUT2D eigenvalue weighted by Crippen LogP contribution is -2.40. The van der Waals surface area contributed by atoms with Gasteiger partial charge in [-0.05, 0) is 62.0 Å². The Labute approximate surface area is 179 Å². The molecule has 0 heterocycles. The third-order valence-electron chi connectivity index (χ3n) is 4.92. The quantitative estimate of drug-likeness (QED) is 0.548. The summed E-state index contributed by atoms with van der Waals surface area (Å²) in [6.45, 7) is 3.98. The van der Waals surface area contributed by atoms with Crippen LogP contribution in [0, 0.1) is 5.92 Å². The lowest BCUT2D eigenvalue weighted by Gasteiger charge is -2.38. The maximum atomic E-state index is 13.4. The van der Waals surface area contributed by atoms with Gasteiger partial charge in [0, 0.05) is 17.5 Å². The number of hydrogen-bond donors (Lipinski definition) is 1. The van der Waals surface area contributed by atoms with Crippen LogP contribution in [0.15, 0.2) is 48.0 Å². The molecule has 0 aromatic heterocycles. The van der Waals surface area contributed by atoms with E-state index in [1.54, 1.807) is 44.2 Å². The molecular formula is C22H24Cl2F3NO. The summed E-state index contributed by atoms with van der Waals surface area (Å²) in [6, 6.07) is 10.6. The Bertz CT molecular complexity index is 879. The van der Waals surface area contributed by atoms with Gasteiger partial charge in [0.2, 0.25) is 0 Å². The molecule has 2 nitrogen and oxygen atoms in total. The highest BCUT2D eigenvalue weighted by molar-refractivity contribution is 6.31. The Balaban J connectivity index is 2.64. The largest absolute Gasteiger partial charge is 0.417 e. The maximum absolute atomic E-state index is 13.4. The molecule has 2 rings (SSSR count). The van der Waals surface area contributed by atoms with Crippen molar-refractivity contribution in [2.75, 3.05) is 20.6 Å². The molecule has 2 unspecified atom stereocenters. The van der Waals surface area contributed by atoms with Crippen molar-refractivity contribution in [1.82, 2.24) is 4.90 Å². The van der Waals surface area contributed by atoms with E-state index in [-0.39, 0.29) is 5.56 Å². The molecule has 158 valence electrons. The van der Waals surface area contributed by atoms with Crippen molar-refractivity contribution in [3.05, 3.63) is 74.8 Å². The molecule has 2 aromatic carbocycles. The predicted molar refractivity (Wildman–Crippen MR) is 113 cm³/mol. The first kappa shape index (κ1) is 23.7. The maximum Gasteiger partial charge on any atom is 0.417 e. The van der Waals surface area contributed by atoms with Crippen molar-refractivity contribution in [2.45, 2.75) is 25.6 Å². The molecule has 2 atom stereocenters. The molecule has 0 saturated heterocycles. The minimum atomic E-state index is -4.62. The molecule has 0 saturated carbocycles. The zero-order valence-electron chi connectivity index (χ0n) is 16.7. The number of benzene rings is 2. The number of halogens is 5. The summed E-state index contributed by atoms with van der Waals surface area (Å²) in [7, 11) is 3.69. The highest BCUT2D eigenvalue weighted by Gasteiger charge is 2.41. The van der Waals surface area contributed by atoms with Crippen LogP contribution in [0.4, 0.5) is 13.2 Å². The van der Waals surface area contributed by atoms with Crippen molar-refractivity contribution in [3.8, 4) is 0 Å². The normalized spacial score (nSPS) is 16.0. The Morgan fingerprint density at radius 2 is 1.69 bits per heavy atom. The van der Waals surface area contributed by atoms with Crippen molar-refractivity contribution in [3.63, 3.8) is 0 Å². The number of rotatable bonds is 6. The summed E-state index contributed by atoms with van der Waals surface area (Å²) in [6.07, 6.45) is -2.86. The van der Waals surface area contributed by atoms with E-state index in [0.29, 0.717) is 17.1 Å². The standard InChI is InChI=1S/C22H24Cl2F3NO/c1-14(11-16-5-8-18(23)9-6-16)21(29,15(2)13-28(3)4)17-7-10-20(24)19(12-17)22(25,26)27/h5-12,15,29H,13H2,1-4H3. The van der Waals surface area contributed by atoms with E-state index in [1.807, 2.05) is 19.0 Å². The molecule has 7 heteroatoms. The van der Waals surface area contributed by atoms with E-state index in [0.717, 1.165) is 11.6 Å². The zero-order valence-corrected chi connectivity index (χ0v) is 18.2. The lowest BCUT2D eigenvalue weighted by atomic mass is 9.76. The van der Waals surface area contributed by atoms with Crippen LogP contribution in [0.3, 0.4) is 0 Å². The van der Waals surface area contributed by atoms with E-state index < -0.39 is 28.3 Å². The molecule has 0 aliphatic carbocycles. The van der Waals surface area contributed by atoms with Crippen molar-refractivity contribution < 1.29 is 18.3 Å². The van der Waals surface area contributed by atoms with Gasteiger partial charge in [-0.1, -0.05) is 54.4 Å². The van der Waals surface area contributed by atoms with Gasteiger partial charge in [-0.25, -0.2) is 0 Å². The highest BCUT2D eigenvalue weighted by Crippen LogP contribution is 2.42. The lowest BCUT2D eigenvalue weighted by molar-refractivity contribution is -0.137. The van der Waals surface area contributed by atoms with Crippen molar-refractivity contribution >= 4 is 29.3 Å². The number of nitrogens with zero attached hydrogens (tertiary/aromatic N) is 1. The van der Waals surface area contributed by atoms with E-state index in [1.165, 1.54) is 12.1 Å². The van der Waals surface area contributed by atoms with Gasteiger partial charge in [-0.2, -0.15) is 13.2 Å². The van der Waals surface area contributed by atoms with Crippen LogP contribution in [-0.4, -0.2) is 30.6 Å². The van der Waals surface area contributed by atoms with Gasteiger partial charge in [0.25, 0.3) is 0 Å². The summed E-state index contributed by atoms with van der Waals surface area (Å²) in [5.41, 5.74) is -1.15. The fraction of sp³-hybridized carbons (Fsp3) is 0.364. The average Bonchev–Trinajstić information content (AvgIpc) is 2.61. The summed E-state index contributed by atoms with van der Waals surface area (Å²) >= 11 is 11.7. The fourth-order valence-corrected chi connectivity index (χ4v) is 3.83. The second-order valence-corrected chi connectivity index (χ2v) is 8.34. The van der Waals surface area contributed by atoms with E-state index in [9.17, 15) is 18.3 Å². The van der Waals surface area contributed by atoms with Gasteiger partial charge in [0.15, 0.2) is 0 Å². The number of aliphatic hydroxyl groups is 1. The molecule has 0 amide bonds. The SMILES string of the molecule is CC(=Cc1ccc(Cl)cc1)C(O)(c1ccc(Cl)c(C(F)(F)F)c1)C(C)CN(C)C.